The summed E-state index contributed by atoms with van der Waals surface area (Å²) in [6.07, 6.45) is 3.90. The van der Waals surface area contributed by atoms with Gasteiger partial charge in [-0.2, -0.15) is 0 Å². The zero-order valence-corrected chi connectivity index (χ0v) is 57.4. The maximum atomic E-state index is 12.7. The Balaban J connectivity index is 0.000000167. The molecule has 3 amide bonds. The number of carboxylic acids is 1. The molecule has 0 unspecified atom stereocenters. The van der Waals surface area contributed by atoms with Crippen LogP contribution in [0.25, 0.3) is 33.4 Å². The van der Waals surface area contributed by atoms with E-state index in [-0.39, 0.29) is 35.2 Å². The summed E-state index contributed by atoms with van der Waals surface area (Å²) < 4.78 is 10.7. The molecule has 12 rings (SSSR count). The Hall–Kier alpha value is -9.76. The number of benzene rings is 9. The van der Waals surface area contributed by atoms with Crippen molar-refractivity contribution in [3.63, 3.8) is 0 Å². The summed E-state index contributed by atoms with van der Waals surface area (Å²) in [7, 11) is 1.00. The van der Waals surface area contributed by atoms with E-state index in [0.29, 0.717) is 43.5 Å². The minimum absolute atomic E-state index is 0.0953. The molecule has 9 aromatic rings. The summed E-state index contributed by atoms with van der Waals surface area (Å²) >= 11 is 3.35. The van der Waals surface area contributed by atoms with Gasteiger partial charge in [-0.15, -0.1) is 0 Å². The molecule has 0 spiro atoms. The molecule has 95 heavy (non-hydrogen) atoms. The van der Waals surface area contributed by atoms with E-state index in [0.717, 1.165) is 71.0 Å². The number of aliphatic hydroxyl groups excluding tert-OH is 1. The standard InChI is InChI=1S/C28H29NO3.C24H21NO3.C16H15NO.C12H15BrO2.CH4O/c1-19-5-9-21(10-6-19)23-13-15-25-24(17-23)14-16-26(30)29(25)18-20-7-11-22(12-8-20)27(31)32-28(2,3)4;1-16-2-6-18(7-3-16)20-10-12-22-21(14-20)11-13-23(26)25(22)15-17-4-8-19(9-5-17)24(27)28;1-11-2-4-12(5-3-11)13-6-8-15-14(10-13)7-9-16(18)17-15;1-12(2,3)15-11(14)10-6-4-9(8-13)5-7-10;1-2/h5-13,15,17H,14,16,18H2,1-4H3;2-10,12,14H,11,13,15H2,1H3,(H,27,28);2-6,8,10H,7,9H2,1H3,(H,17,18);4-7H,8H2,1-3H3;2H,1H3. The number of hydrogen-bond donors (Lipinski definition) is 3. The van der Waals surface area contributed by atoms with E-state index in [1.807, 2.05) is 82.8 Å². The summed E-state index contributed by atoms with van der Waals surface area (Å²) in [5.41, 5.74) is 20.7. The van der Waals surface area contributed by atoms with Crippen molar-refractivity contribution in [1.29, 1.82) is 0 Å². The summed E-state index contributed by atoms with van der Waals surface area (Å²) in [4.78, 5) is 75.2. The van der Waals surface area contributed by atoms with Gasteiger partial charge in [-0.05, 0) is 221 Å². The Bertz CT molecular complexity index is 4150. The van der Waals surface area contributed by atoms with Gasteiger partial charge in [-0.25, -0.2) is 14.4 Å². The second kappa shape index (κ2) is 32.4. The van der Waals surface area contributed by atoms with Crippen LogP contribution in [0.5, 0.6) is 0 Å². The highest BCUT2D eigenvalue weighted by atomic mass is 79.9. The van der Waals surface area contributed by atoms with Crippen LogP contribution in [0.15, 0.2) is 200 Å². The van der Waals surface area contributed by atoms with Gasteiger partial charge in [0.2, 0.25) is 17.7 Å². The Labute approximate surface area is 566 Å². The van der Waals surface area contributed by atoms with Crippen molar-refractivity contribution < 1.29 is 48.5 Å². The number of nitrogens with zero attached hydrogens (tertiary/aromatic N) is 2. The Morgan fingerprint density at radius 1 is 0.421 bits per heavy atom. The summed E-state index contributed by atoms with van der Waals surface area (Å²) in [5, 5.41) is 19.7. The van der Waals surface area contributed by atoms with Gasteiger partial charge in [0.1, 0.15) is 11.2 Å². The second-order valence-corrected chi connectivity index (χ2v) is 26.3. The van der Waals surface area contributed by atoms with Crippen molar-refractivity contribution in [2.24, 2.45) is 0 Å². The maximum Gasteiger partial charge on any atom is 0.338 e. The SMILES string of the molecule is CC(C)(C)OC(=O)c1ccc(CBr)cc1.CO.Cc1ccc(-c2ccc3c(c2)CCC(=O)N3)cc1.Cc1ccc(-c2ccc3c(c2)CCC(=O)N3Cc2ccc(C(=O)O)cc2)cc1.Cc1ccc(-c2ccc3c(c2)CCC(=O)N3Cc2ccc(C(=O)OC(C)(C)C)cc2)cc1. The number of halogens is 1. The average molecular weight is 1340 g/mol. The van der Waals surface area contributed by atoms with E-state index in [4.69, 9.17) is 19.7 Å². The lowest BCUT2D eigenvalue weighted by atomic mass is 9.95. The van der Waals surface area contributed by atoms with Crippen LogP contribution < -0.4 is 15.1 Å². The second-order valence-electron chi connectivity index (χ2n) is 25.7. The van der Waals surface area contributed by atoms with Gasteiger partial charge in [0.15, 0.2) is 0 Å². The Kier molecular flexibility index (Phi) is 24.2. The van der Waals surface area contributed by atoms with Crippen molar-refractivity contribution in [3.05, 3.63) is 267 Å². The molecule has 490 valence electrons. The molecule has 3 heterocycles. The molecule has 3 aliphatic rings. The summed E-state index contributed by atoms with van der Waals surface area (Å²) in [6.45, 7) is 18.3. The van der Waals surface area contributed by atoms with Crippen LogP contribution in [0.1, 0.15) is 142 Å². The highest BCUT2D eigenvalue weighted by Crippen LogP contribution is 2.36. The average Bonchev–Trinajstić information content (AvgIpc) is 0.801. The van der Waals surface area contributed by atoms with E-state index < -0.39 is 17.2 Å². The summed E-state index contributed by atoms with van der Waals surface area (Å²) in [5.74, 6) is -1.23. The largest absolute Gasteiger partial charge is 0.478 e. The summed E-state index contributed by atoms with van der Waals surface area (Å²) in [6, 6.07) is 65.7. The molecule has 0 aliphatic carbocycles. The number of carbonyl (C=O) groups is 6. The first kappa shape index (κ1) is 71.1. The molecule has 9 aromatic carbocycles. The van der Waals surface area contributed by atoms with Gasteiger partial charge < -0.3 is 34.8 Å². The van der Waals surface area contributed by atoms with Gasteiger partial charge in [-0.3, -0.25) is 14.4 Å². The van der Waals surface area contributed by atoms with Crippen LogP contribution in [-0.4, -0.2) is 64.2 Å². The Morgan fingerprint density at radius 3 is 1.11 bits per heavy atom. The highest BCUT2D eigenvalue weighted by molar-refractivity contribution is 9.08. The fraction of sp³-hybridized carbons (Fsp3) is 0.259. The third-order valence-corrected chi connectivity index (χ3v) is 16.6. The number of carbonyl (C=O) groups excluding carboxylic acids is 5. The monoisotopic (exact) mass is 1340 g/mol. The molecule has 0 aromatic heterocycles. The van der Waals surface area contributed by atoms with Gasteiger partial charge in [0.25, 0.3) is 0 Å². The van der Waals surface area contributed by atoms with Crippen molar-refractivity contribution in [2.75, 3.05) is 22.2 Å². The van der Waals surface area contributed by atoms with Crippen molar-refractivity contribution in [3.8, 4) is 33.4 Å². The van der Waals surface area contributed by atoms with Gasteiger partial charge in [0.05, 0.1) is 29.8 Å². The van der Waals surface area contributed by atoms with E-state index in [2.05, 4.69) is 157 Å². The number of ether oxygens (including phenoxy) is 2. The number of anilines is 3. The van der Waals surface area contributed by atoms with Crippen LogP contribution >= 0.6 is 15.9 Å². The van der Waals surface area contributed by atoms with E-state index in [1.165, 1.54) is 61.2 Å². The number of fused-ring (bicyclic) bond motifs is 3. The molecule has 0 saturated carbocycles. The lowest BCUT2D eigenvalue weighted by Crippen LogP contribution is -2.34. The zero-order chi connectivity index (χ0) is 68.6. The lowest BCUT2D eigenvalue weighted by Gasteiger charge is -2.30. The molecular formula is C81H84BrN3O10. The topological polar surface area (TPSA) is 180 Å². The van der Waals surface area contributed by atoms with Crippen LogP contribution in [-0.2, 0) is 61.5 Å². The first-order valence-corrected chi connectivity index (χ1v) is 33.0. The number of hydrogen-bond acceptors (Lipinski definition) is 9. The number of nitrogens with one attached hydrogen (secondary N) is 1. The third-order valence-electron chi connectivity index (χ3n) is 15.9. The molecule has 0 radical (unpaired) electrons. The van der Waals surface area contributed by atoms with Crippen LogP contribution in [0.3, 0.4) is 0 Å². The predicted molar refractivity (Wildman–Crippen MR) is 383 cm³/mol. The highest BCUT2D eigenvalue weighted by Gasteiger charge is 2.27. The number of aromatic carboxylic acids is 1. The Morgan fingerprint density at radius 2 is 0.747 bits per heavy atom. The third kappa shape index (κ3) is 20.1. The number of aryl methyl sites for hydroxylation is 6. The first-order chi connectivity index (χ1) is 45.3. The van der Waals surface area contributed by atoms with E-state index in [1.54, 1.807) is 53.4 Å². The molecule has 13 nitrogen and oxygen atoms in total. The molecule has 3 aliphatic heterocycles. The molecule has 0 atom stereocenters. The number of alkyl halides is 1. The number of carboxylic acid groups (broad SMARTS) is 1. The maximum absolute atomic E-state index is 12.7. The fourth-order valence-electron chi connectivity index (χ4n) is 10.9. The predicted octanol–water partition coefficient (Wildman–Crippen LogP) is 17.6. The number of amides is 3. The van der Waals surface area contributed by atoms with Gasteiger partial charge >= 0.3 is 17.9 Å². The van der Waals surface area contributed by atoms with Gasteiger partial charge in [-0.1, -0.05) is 160 Å². The van der Waals surface area contributed by atoms with Gasteiger partial charge in [0, 0.05) is 48.8 Å². The number of aliphatic hydroxyl groups is 1. The quantitative estimate of drug-likeness (QED) is 0.0833. The smallest absolute Gasteiger partial charge is 0.338 e. The normalized spacial score (nSPS) is 13.0. The van der Waals surface area contributed by atoms with Crippen molar-refractivity contribution in [2.45, 2.75) is 130 Å². The molecule has 0 bridgehead atoms. The van der Waals surface area contributed by atoms with Crippen molar-refractivity contribution in [1.82, 2.24) is 0 Å². The minimum Gasteiger partial charge on any atom is -0.478 e. The van der Waals surface area contributed by atoms with Crippen LogP contribution in [0.2, 0.25) is 0 Å². The van der Waals surface area contributed by atoms with Crippen LogP contribution in [0.4, 0.5) is 17.1 Å². The van der Waals surface area contributed by atoms with Crippen LogP contribution in [0, 0.1) is 20.8 Å². The molecule has 0 saturated heterocycles. The fourth-order valence-corrected chi connectivity index (χ4v) is 11.3. The first-order valence-electron chi connectivity index (χ1n) is 31.8. The lowest BCUT2D eigenvalue weighted by molar-refractivity contribution is -0.119. The molecular weight excluding hydrogens is 1250 g/mol. The minimum atomic E-state index is -0.949. The van der Waals surface area contributed by atoms with E-state index in [9.17, 15) is 28.8 Å². The molecule has 3 N–H and O–H groups in total. The molecule has 14 heteroatoms. The van der Waals surface area contributed by atoms with Crippen molar-refractivity contribution >= 4 is 68.6 Å². The van der Waals surface area contributed by atoms with E-state index >= 15 is 0 Å². The molecule has 0 fully saturated rings. The zero-order valence-electron chi connectivity index (χ0n) is 55.8. The number of rotatable bonds is 11. The number of esters is 2.